The van der Waals surface area contributed by atoms with Crippen LogP contribution >= 0.6 is 0 Å². The fourth-order valence-corrected chi connectivity index (χ4v) is 8.25. The lowest BCUT2D eigenvalue weighted by Crippen LogP contribution is -2.61. The third-order valence-electron chi connectivity index (χ3n) is 12.7. The Bertz CT molecular complexity index is 1670. The summed E-state index contributed by atoms with van der Waals surface area (Å²) in [5.74, 6) is -3.25. The van der Waals surface area contributed by atoms with Gasteiger partial charge in [-0.15, -0.1) is 0 Å². The van der Waals surface area contributed by atoms with Gasteiger partial charge in [-0.25, -0.2) is 4.79 Å². The molecule has 426 valence electrons. The van der Waals surface area contributed by atoms with E-state index in [4.69, 9.17) is 23.7 Å². The molecular formula is C63H102O12. The van der Waals surface area contributed by atoms with Crippen LogP contribution in [0, 0.1) is 0 Å². The second kappa shape index (κ2) is 50.5. The lowest BCUT2D eigenvalue weighted by molar-refractivity contribution is -0.301. The van der Waals surface area contributed by atoms with Crippen LogP contribution in [0.1, 0.15) is 226 Å². The average Bonchev–Trinajstić information content (AvgIpc) is 3.39. The lowest BCUT2D eigenvalue weighted by Gasteiger charge is -2.40. The number of allylic oxidation sites excluding steroid dienone is 16. The molecule has 12 heteroatoms. The standard InChI is InChI=1S/C63H102O12/c1-4-7-10-13-16-19-22-25-26-27-28-29-30-33-34-37-40-43-46-49-55(64)71-52-54(73-56(65)50-47-44-41-38-35-31-23-20-17-14-11-8-5-2)53-72-63-61(59(68)58(67)60(75-63)62(69)70)74-57(66)51-48-45-42-39-36-32-24-21-18-15-12-9-6-3/h7-8,10-11,16-17,19-20,25-26,28-29,31,35,41,44,54,58-61,63,67-68H,4-6,9,12-15,18,21-24,27,30,32-34,36-40,42-43,45-53H2,1-3H3,(H,69,70)/b10-7-,11-8-,19-16-,20-17-,26-25-,29-28-,35-31-,44-41-. The molecule has 1 fully saturated rings. The van der Waals surface area contributed by atoms with Crippen molar-refractivity contribution in [1.82, 2.24) is 0 Å². The van der Waals surface area contributed by atoms with Gasteiger partial charge in [0.05, 0.1) is 6.61 Å². The van der Waals surface area contributed by atoms with Gasteiger partial charge in [-0.05, 0) is 83.5 Å². The highest BCUT2D eigenvalue weighted by molar-refractivity contribution is 5.74. The van der Waals surface area contributed by atoms with Crippen LogP contribution < -0.4 is 0 Å². The van der Waals surface area contributed by atoms with Crippen LogP contribution in [0.15, 0.2) is 97.2 Å². The summed E-state index contributed by atoms with van der Waals surface area (Å²) in [7, 11) is 0. The van der Waals surface area contributed by atoms with Gasteiger partial charge in [0, 0.05) is 19.3 Å². The first kappa shape index (κ1) is 68.7. The molecule has 1 saturated heterocycles. The number of aliphatic hydroxyl groups excluding tert-OH is 2. The number of esters is 3. The molecule has 0 aromatic carbocycles. The first-order valence-electron chi connectivity index (χ1n) is 29.2. The molecule has 0 radical (unpaired) electrons. The molecule has 0 bridgehead atoms. The number of carbonyl (C=O) groups is 4. The fraction of sp³-hybridized carbons (Fsp3) is 0.683. The van der Waals surface area contributed by atoms with Crippen molar-refractivity contribution in [3.8, 4) is 0 Å². The maximum atomic E-state index is 13.1. The van der Waals surface area contributed by atoms with E-state index in [1.165, 1.54) is 51.4 Å². The zero-order chi connectivity index (χ0) is 54.7. The van der Waals surface area contributed by atoms with E-state index >= 15 is 0 Å². The molecule has 1 heterocycles. The SMILES string of the molecule is CC/C=C\C/C=C\C/C=C\C/C=C\CCCCCCCCC(=O)OCC(COC1OC(C(=O)O)C(O)C(O)C1OC(=O)CCCCCCCCCCCCCCC)OC(=O)CC/C=C\C/C=C\C/C=C\C/C=C\CC. The van der Waals surface area contributed by atoms with E-state index in [0.717, 1.165) is 109 Å². The Morgan fingerprint density at radius 3 is 1.33 bits per heavy atom. The van der Waals surface area contributed by atoms with Crippen LogP contribution in [0.25, 0.3) is 0 Å². The van der Waals surface area contributed by atoms with Crippen molar-refractivity contribution in [1.29, 1.82) is 0 Å². The number of aliphatic carboxylic acids is 1. The number of unbranched alkanes of at least 4 members (excludes halogenated alkanes) is 18. The predicted molar refractivity (Wildman–Crippen MR) is 303 cm³/mol. The summed E-state index contributed by atoms with van der Waals surface area (Å²) in [4.78, 5) is 51.0. The molecule has 0 amide bonds. The average molecular weight is 1050 g/mol. The number of carboxylic acids is 1. The topological polar surface area (TPSA) is 175 Å². The van der Waals surface area contributed by atoms with E-state index in [1.54, 1.807) is 0 Å². The van der Waals surface area contributed by atoms with Gasteiger partial charge in [0.25, 0.3) is 0 Å². The molecule has 6 unspecified atom stereocenters. The van der Waals surface area contributed by atoms with E-state index in [0.29, 0.717) is 25.7 Å². The van der Waals surface area contributed by atoms with Crippen LogP contribution in [-0.2, 0) is 42.9 Å². The molecule has 0 aromatic heterocycles. The summed E-state index contributed by atoms with van der Waals surface area (Å²) in [5, 5.41) is 31.4. The van der Waals surface area contributed by atoms with Crippen molar-refractivity contribution in [2.45, 2.75) is 263 Å². The van der Waals surface area contributed by atoms with Crippen LogP contribution in [-0.4, -0.2) is 89.2 Å². The highest BCUT2D eigenvalue weighted by Crippen LogP contribution is 2.26. The second-order valence-corrected chi connectivity index (χ2v) is 19.5. The molecule has 12 nitrogen and oxygen atoms in total. The number of carboxylic acid groups (broad SMARTS) is 1. The Kier molecular flexibility index (Phi) is 46.2. The van der Waals surface area contributed by atoms with E-state index < -0.39 is 67.3 Å². The summed E-state index contributed by atoms with van der Waals surface area (Å²) >= 11 is 0. The van der Waals surface area contributed by atoms with Crippen molar-refractivity contribution < 1.29 is 58.2 Å². The number of rotatable bonds is 48. The van der Waals surface area contributed by atoms with E-state index in [2.05, 4.69) is 106 Å². The molecule has 0 spiro atoms. The Labute approximate surface area is 453 Å². The van der Waals surface area contributed by atoms with Gasteiger partial charge >= 0.3 is 23.9 Å². The Morgan fingerprint density at radius 2 is 0.867 bits per heavy atom. The van der Waals surface area contributed by atoms with Crippen molar-refractivity contribution in [2.24, 2.45) is 0 Å². The van der Waals surface area contributed by atoms with Gasteiger partial charge < -0.3 is 39.0 Å². The van der Waals surface area contributed by atoms with Gasteiger partial charge in [0.1, 0.15) is 18.8 Å². The predicted octanol–water partition coefficient (Wildman–Crippen LogP) is 14.9. The second-order valence-electron chi connectivity index (χ2n) is 19.5. The summed E-state index contributed by atoms with van der Waals surface area (Å²) in [5.41, 5.74) is 0. The van der Waals surface area contributed by atoms with Gasteiger partial charge in [0.2, 0.25) is 0 Å². The van der Waals surface area contributed by atoms with E-state index in [1.807, 2.05) is 12.2 Å². The van der Waals surface area contributed by atoms with Crippen molar-refractivity contribution in [3.05, 3.63) is 97.2 Å². The van der Waals surface area contributed by atoms with Crippen LogP contribution in [0.3, 0.4) is 0 Å². The van der Waals surface area contributed by atoms with E-state index in [-0.39, 0.29) is 25.9 Å². The molecule has 0 aliphatic carbocycles. The number of ether oxygens (including phenoxy) is 5. The first-order chi connectivity index (χ1) is 36.6. The Balaban J connectivity index is 2.72. The molecule has 1 aliphatic heterocycles. The molecule has 0 saturated carbocycles. The maximum Gasteiger partial charge on any atom is 0.335 e. The van der Waals surface area contributed by atoms with Gasteiger partial charge in [-0.3, -0.25) is 14.4 Å². The quantitative estimate of drug-likeness (QED) is 0.0228. The number of aliphatic hydroxyl groups is 2. The largest absolute Gasteiger partial charge is 0.479 e. The third-order valence-corrected chi connectivity index (χ3v) is 12.7. The van der Waals surface area contributed by atoms with Gasteiger partial charge in [-0.1, -0.05) is 221 Å². The van der Waals surface area contributed by atoms with Crippen molar-refractivity contribution in [2.75, 3.05) is 13.2 Å². The summed E-state index contributed by atoms with van der Waals surface area (Å²) < 4.78 is 28.3. The molecule has 1 rings (SSSR count). The van der Waals surface area contributed by atoms with Crippen LogP contribution in [0.4, 0.5) is 0 Å². The smallest absolute Gasteiger partial charge is 0.335 e. The zero-order valence-electron chi connectivity index (χ0n) is 46.8. The molecule has 6 atom stereocenters. The van der Waals surface area contributed by atoms with Gasteiger partial charge in [-0.2, -0.15) is 0 Å². The minimum Gasteiger partial charge on any atom is -0.479 e. The number of hydrogen-bond acceptors (Lipinski definition) is 11. The molecule has 3 N–H and O–H groups in total. The Hall–Kier alpha value is -4.36. The monoisotopic (exact) mass is 1050 g/mol. The molecular weight excluding hydrogens is 949 g/mol. The molecule has 0 aromatic rings. The minimum absolute atomic E-state index is 0.0352. The van der Waals surface area contributed by atoms with Crippen LogP contribution in [0.2, 0.25) is 0 Å². The van der Waals surface area contributed by atoms with Crippen LogP contribution in [0.5, 0.6) is 0 Å². The summed E-state index contributed by atoms with van der Waals surface area (Å²) in [6.45, 7) is 5.68. The van der Waals surface area contributed by atoms with E-state index in [9.17, 15) is 34.5 Å². The highest BCUT2D eigenvalue weighted by atomic mass is 16.7. The minimum atomic E-state index is -1.92. The normalized spacial score (nSPS) is 18.9. The Morgan fingerprint density at radius 1 is 0.453 bits per heavy atom. The molecule has 1 aliphatic rings. The number of hydrogen-bond donors (Lipinski definition) is 3. The fourth-order valence-electron chi connectivity index (χ4n) is 8.25. The third kappa shape index (κ3) is 40.6. The summed E-state index contributed by atoms with van der Waals surface area (Å²) in [6, 6.07) is 0. The van der Waals surface area contributed by atoms with Crippen molar-refractivity contribution in [3.63, 3.8) is 0 Å². The van der Waals surface area contributed by atoms with Crippen molar-refractivity contribution >= 4 is 23.9 Å². The summed E-state index contributed by atoms with van der Waals surface area (Å²) in [6.07, 6.45) is 54.0. The maximum absolute atomic E-state index is 13.1. The molecule has 75 heavy (non-hydrogen) atoms. The first-order valence-corrected chi connectivity index (χ1v) is 29.2. The zero-order valence-corrected chi connectivity index (χ0v) is 46.8. The highest BCUT2D eigenvalue weighted by Gasteiger charge is 2.50. The lowest BCUT2D eigenvalue weighted by atomic mass is 9.98. The van der Waals surface area contributed by atoms with Gasteiger partial charge in [0.15, 0.2) is 24.6 Å². The number of carbonyl (C=O) groups excluding carboxylic acids is 3.